The quantitative estimate of drug-likeness (QED) is 0.730. The van der Waals surface area contributed by atoms with E-state index in [1.165, 1.54) is 0 Å². The van der Waals surface area contributed by atoms with E-state index in [2.05, 4.69) is 10.6 Å². The summed E-state index contributed by atoms with van der Waals surface area (Å²) < 4.78 is 0. The van der Waals surface area contributed by atoms with Crippen molar-refractivity contribution in [1.29, 1.82) is 0 Å². The van der Waals surface area contributed by atoms with Crippen LogP contribution < -0.4 is 10.6 Å². The van der Waals surface area contributed by atoms with E-state index in [0.29, 0.717) is 13.1 Å². The Morgan fingerprint density at radius 2 is 1.74 bits per heavy atom. The fraction of sp³-hybridized carbons (Fsp3) is 0.769. The molecule has 0 aromatic heterocycles. The molecule has 2 N–H and O–H groups in total. The Morgan fingerprint density at radius 3 is 2.21 bits per heavy atom. The molecule has 19 heavy (non-hydrogen) atoms. The lowest BCUT2D eigenvalue weighted by molar-refractivity contribution is -0.141. The first-order chi connectivity index (χ1) is 8.90. The zero-order valence-corrected chi connectivity index (χ0v) is 12.0. The molecule has 0 saturated carbocycles. The molecule has 0 aromatic rings. The standard InChI is InChI=1S/C13H23N3O3/c1-5-16(6-2)10(17)7-9-12(18)15-11(8(3)4)13(19)14-9/h8-9,11H,5-7H2,1-4H3,(H,14,19)(H,15,18)/t9-,11-/m0/s1. The summed E-state index contributed by atoms with van der Waals surface area (Å²) >= 11 is 0. The second kappa shape index (κ2) is 6.54. The molecule has 0 spiro atoms. The van der Waals surface area contributed by atoms with Crippen LogP contribution in [-0.2, 0) is 14.4 Å². The van der Waals surface area contributed by atoms with Crippen molar-refractivity contribution in [3.8, 4) is 0 Å². The normalized spacial score (nSPS) is 23.0. The van der Waals surface area contributed by atoms with Gasteiger partial charge in [0.25, 0.3) is 0 Å². The second-order valence-corrected chi connectivity index (χ2v) is 5.06. The smallest absolute Gasteiger partial charge is 0.243 e. The zero-order valence-electron chi connectivity index (χ0n) is 12.0. The van der Waals surface area contributed by atoms with Gasteiger partial charge in [-0.15, -0.1) is 0 Å². The zero-order chi connectivity index (χ0) is 14.6. The largest absolute Gasteiger partial charge is 0.343 e. The third-order valence-electron chi connectivity index (χ3n) is 3.37. The van der Waals surface area contributed by atoms with E-state index in [1.807, 2.05) is 27.7 Å². The van der Waals surface area contributed by atoms with E-state index in [9.17, 15) is 14.4 Å². The van der Waals surface area contributed by atoms with Crippen LogP contribution >= 0.6 is 0 Å². The number of carbonyl (C=O) groups is 3. The second-order valence-electron chi connectivity index (χ2n) is 5.06. The molecule has 108 valence electrons. The Morgan fingerprint density at radius 1 is 1.16 bits per heavy atom. The molecule has 1 rings (SSSR count). The first-order valence-corrected chi connectivity index (χ1v) is 6.79. The van der Waals surface area contributed by atoms with E-state index in [4.69, 9.17) is 0 Å². The fourth-order valence-electron chi connectivity index (χ4n) is 2.14. The first kappa shape index (κ1) is 15.5. The number of hydrogen-bond acceptors (Lipinski definition) is 3. The average Bonchev–Trinajstić information content (AvgIpc) is 2.34. The van der Waals surface area contributed by atoms with Crippen molar-refractivity contribution in [2.45, 2.75) is 46.2 Å². The maximum atomic E-state index is 11.9. The van der Waals surface area contributed by atoms with Gasteiger partial charge in [0.05, 0.1) is 6.42 Å². The van der Waals surface area contributed by atoms with Gasteiger partial charge in [-0.3, -0.25) is 14.4 Å². The molecule has 1 aliphatic rings. The van der Waals surface area contributed by atoms with Crippen LogP contribution in [0.5, 0.6) is 0 Å². The summed E-state index contributed by atoms with van der Waals surface area (Å²) in [7, 11) is 0. The van der Waals surface area contributed by atoms with Gasteiger partial charge in [0.15, 0.2) is 0 Å². The minimum Gasteiger partial charge on any atom is -0.343 e. The summed E-state index contributed by atoms with van der Waals surface area (Å²) in [4.78, 5) is 37.3. The molecule has 3 amide bonds. The minimum atomic E-state index is -0.754. The summed E-state index contributed by atoms with van der Waals surface area (Å²) in [5.74, 6) is -0.581. The van der Waals surface area contributed by atoms with E-state index >= 15 is 0 Å². The van der Waals surface area contributed by atoms with Crippen molar-refractivity contribution in [3.05, 3.63) is 0 Å². The third-order valence-corrected chi connectivity index (χ3v) is 3.37. The number of rotatable bonds is 5. The monoisotopic (exact) mass is 269 g/mol. The van der Waals surface area contributed by atoms with Crippen LogP contribution in [0.25, 0.3) is 0 Å². The number of amides is 3. The van der Waals surface area contributed by atoms with Crippen molar-refractivity contribution >= 4 is 17.7 Å². The van der Waals surface area contributed by atoms with Gasteiger partial charge >= 0.3 is 0 Å². The van der Waals surface area contributed by atoms with E-state index in [1.54, 1.807) is 4.90 Å². The van der Waals surface area contributed by atoms with E-state index < -0.39 is 12.1 Å². The Balaban J connectivity index is 2.64. The fourth-order valence-corrected chi connectivity index (χ4v) is 2.14. The average molecular weight is 269 g/mol. The summed E-state index contributed by atoms with van der Waals surface area (Å²) in [6.45, 7) is 8.71. The predicted octanol–water partition coefficient (Wildman–Crippen LogP) is -0.116. The topological polar surface area (TPSA) is 78.5 Å². The highest BCUT2D eigenvalue weighted by atomic mass is 16.2. The highest BCUT2D eigenvalue weighted by Gasteiger charge is 2.36. The van der Waals surface area contributed by atoms with Crippen LogP contribution in [0.3, 0.4) is 0 Å². The Labute approximate surface area is 113 Å². The lowest BCUT2D eigenvalue weighted by Crippen LogP contribution is -2.63. The molecular formula is C13H23N3O3. The highest BCUT2D eigenvalue weighted by Crippen LogP contribution is 2.10. The summed E-state index contributed by atoms with van der Waals surface area (Å²) in [6.07, 6.45) is 0.0179. The van der Waals surface area contributed by atoms with Crippen molar-refractivity contribution in [2.24, 2.45) is 5.92 Å². The number of carbonyl (C=O) groups excluding carboxylic acids is 3. The highest BCUT2D eigenvalue weighted by molar-refractivity contribution is 5.99. The molecule has 1 aliphatic heterocycles. The van der Waals surface area contributed by atoms with Crippen LogP contribution in [0, 0.1) is 5.92 Å². The molecule has 0 radical (unpaired) electrons. The van der Waals surface area contributed by atoms with Crippen molar-refractivity contribution in [3.63, 3.8) is 0 Å². The number of hydrogen-bond donors (Lipinski definition) is 2. The van der Waals surface area contributed by atoms with Gasteiger partial charge in [-0.25, -0.2) is 0 Å². The molecule has 1 fully saturated rings. The maximum absolute atomic E-state index is 11.9. The van der Waals surface area contributed by atoms with Gasteiger partial charge in [-0.2, -0.15) is 0 Å². The van der Waals surface area contributed by atoms with Crippen molar-refractivity contribution < 1.29 is 14.4 Å². The minimum absolute atomic E-state index is 0.0179. The Kier molecular flexibility index (Phi) is 5.32. The van der Waals surface area contributed by atoms with Gasteiger partial charge in [0.1, 0.15) is 12.1 Å². The molecule has 0 aromatic carbocycles. The molecule has 0 bridgehead atoms. The van der Waals surface area contributed by atoms with Crippen molar-refractivity contribution in [2.75, 3.05) is 13.1 Å². The molecular weight excluding hydrogens is 246 g/mol. The van der Waals surface area contributed by atoms with Gasteiger partial charge in [0.2, 0.25) is 17.7 Å². The third kappa shape index (κ3) is 3.68. The van der Waals surface area contributed by atoms with E-state index in [-0.39, 0.29) is 30.1 Å². The van der Waals surface area contributed by atoms with Crippen molar-refractivity contribution in [1.82, 2.24) is 15.5 Å². The summed E-state index contributed by atoms with van der Waals surface area (Å²) in [5, 5.41) is 5.31. The van der Waals surface area contributed by atoms with E-state index in [0.717, 1.165) is 0 Å². The molecule has 1 heterocycles. The molecule has 6 heteroatoms. The van der Waals surface area contributed by atoms with Crippen LogP contribution in [0.15, 0.2) is 0 Å². The molecule has 0 unspecified atom stereocenters. The summed E-state index contributed by atoms with van der Waals surface area (Å²) in [5.41, 5.74) is 0. The molecule has 1 saturated heterocycles. The van der Waals surface area contributed by atoms with Crippen LogP contribution in [0.1, 0.15) is 34.1 Å². The predicted molar refractivity (Wildman–Crippen MR) is 71.2 cm³/mol. The number of nitrogens with zero attached hydrogens (tertiary/aromatic N) is 1. The Bertz CT molecular complexity index is 364. The van der Waals surface area contributed by atoms with Gasteiger partial charge in [-0.05, 0) is 19.8 Å². The lowest BCUT2D eigenvalue weighted by Gasteiger charge is -2.32. The molecule has 2 atom stereocenters. The van der Waals surface area contributed by atoms with Gasteiger partial charge < -0.3 is 15.5 Å². The molecule has 6 nitrogen and oxygen atoms in total. The van der Waals surface area contributed by atoms with Gasteiger partial charge in [0, 0.05) is 13.1 Å². The van der Waals surface area contributed by atoms with Crippen LogP contribution in [0.2, 0.25) is 0 Å². The number of nitrogens with one attached hydrogen (secondary N) is 2. The van der Waals surface area contributed by atoms with Crippen LogP contribution in [-0.4, -0.2) is 47.8 Å². The first-order valence-electron chi connectivity index (χ1n) is 6.79. The number of piperazine rings is 1. The Hall–Kier alpha value is -1.59. The van der Waals surface area contributed by atoms with Gasteiger partial charge in [-0.1, -0.05) is 13.8 Å². The molecule has 0 aliphatic carbocycles. The van der Waals surface area contributed by atoms with Crippen LogP contribution in [0.4, 0.5) is 0 Å². The lowest BCUT2D eigenvalue weighted by atomic mass is 9.98. The summed E-state index contributed by atoms with van der Waals surface area (Å²) in [6, 6.07) is -1.26. The SMILES string of the molecule is CCN(CC)C(=O)C[C@@H]1NC(=O)[C@H](C(C)C)NC1=O. The maximum Gasteiger partial charge on any atom is 0.243 e.